The Labute approximate surface area is 86.0 Å². The van der Waals surface area contributed by atoms with Gasteiger partial charge in [-0.1, -0.05) is 6.08 Å². The fraction of sp³-hybridized carbons (Fsp3) is 0.500. The fourth-order valence-electron chi connectivity index (χ4n) is 0.709. The molecule has 0 aromatic carbocycles. The Hall–Kier alpha value is -1.27. The molecular formula is C12H18O2. The zero-order valence-corrected chi connectivity index (χ0v) is 9.39. The summed E-state index contributed by atoms with van der Waals surface area (Å²) in [4.78, 5) is 11.4. The maximum Gasteiger partial charge on any atom is 0.342 e. The maximum atomic E-state index is 11.4. The summed E-state index contributed by atoms with van der Waals surface area (Å²) in [6, 6.07) is 0. The predicted octanol–water partition coefficient (Wildman–Crippen LogP) is 3.01. The molecule has 0 spiro atoms. The Kier molecular flexibility index (Phi) is 4.96. The largest absolute Gasteiger partial charge is 0.456 e. The lowest BCUT2D eigenvalue weighted by molar-refractivity contribution is -0.149. The van der Waals surface area contributed by atoms with E-state index in [2.05, 4.69) is 12.3 Å². The van der Waals surface area contributed by atoms with E-state index in [4.69, 9.17) is 4.74 Å². The van der Waals surface area contributed by atoms with E-state index in [1.165, 1.54) is 0 Å². The molecule has 2 heteroatoms. The summed E-state index contributed by atoms with van der Waals surface area (Å²) < 4.78 is 5.15. The lowest BCUT2D eigenvalue weighted by atomic mass is 10.2. The number of hydrogen-bond acceptors (Lipinski definition) is 2. The van der Waals surface area contributed by atoms with Crippen molar-refractivity contribution in [3.8, 4) is 0 Å². The summed E-state index contributed by atoms with van der Waals surface area (Å²) in [5.41, 5.74) is 2.89. The monoisotopic (exact) mass is 194 g/mol. The number of carbonyl (C=O) groups is 1. The summed E-state index contributed by atoms with van der Waals surface area (Å²) in [6.45, 7) is 10.8. The summed E-state index contributed by atoms with van der Waals surface area (Å²) >= 11 is 0. The molecule has 0 radical (unpaired) electrons. The summed E-state index contributed by atoms with van der Waals surface area (Å²) in [5, 5.41) is 0. The molecule has 0 unspecified atom stereocenters. The molecule has 0 atom stereocenters. The number of hydrogen-bond donors (Lipinski definition) is 0. The smallest absolute Gasteiger partial charge is 0.342 e. The van der Waals surface area contributed by atoms with Crippen LogP contribution >= 0.6 is 0 Å². The van der Waals surface area contributed by atoms with Crippen LogP contribution in [0.4, 0.5) is 0 Å². The topological polar surface area (TPSA) is 26.3 Å². The second-order valence-corrected chi connectivity index (χ2v) is 4.00. The van der Waals surface area contributed by atoms with Crippen LogP contribution in [0.5, 0.6) is 0 Å². The molecule has 0 saturated heterocycles. The van der Waals surface area contributed by atoms with E-state index in [-0.39, 0.29) is 5.97 Å². The summed E-state index contributed by atoms with van der Waals surface area (Å²) in [7, 11) is 0. The molecule has 0 aromatic heterocycles. The van der Waals surface area contributed by atoms with E-state index in [0.717, 1.165) is 0 Å². The van der Waals surface area contributed by atoms with Crippen molar-refractivity contribution in [2.45, 2.75) is 39.7 Å². The van der Waals surface area contributed by atoms with E-state index in [1.54, 1.807) is 19.1 Å². The van der Waals surface area contributed by atoms with E-state index < -0.39 is 5.60 Å². The van der Waals surface area contributed by atoms with Gasteiger partial charge in [0.2, 0.25) is 0 Å². The van der Waals surface area contributed by atoms with E-state index in [0.29, 0.717) is 12.0 Å². The van der Waals surface area contributed by atoms with Gasteiger partial charge in [0.05, 0.1) is 5.57 Å². The molecule has 0 saturated carbocycles. The molecule has 0 heterocycles. The minimum Gasteiger partial charge on any atom is -0.456 e. The van der Waals surface area contributed by atoms with Crippen molar-refractivity contribution < 1.29 is 9.53 Å². The molecule has 0 aliphatic rings. The van der Waals surface area contributed by atoms with Crippen LogP contribution in [0.15, 0.2) is 30.0 Å². The molecule has 0 aliphatic heterocycles. The van der Waals surface area contributed by atoms with Crippen LogP contribution in [-0.2, 0) is 9.53 Å². The van der Waals surface area contributed by atoms with Crippen molar-refractivity contribution in [1.82, 2.24) is 0 Å². The van der Waals surface area contributed by atoms with Crippen LogP contribution in [0.2, 0.25) is 0 Å². The van der Waals surface area contributed by atoms with Gasteiger partial charge in [0.1, 0.15) is 5.60 Å². The normalized spacial score (nSPS) is 10.0. The van der Waals surface area contributed by atoms with Crippen LogP contribution in [0.1, 0.15) is 34.1 Å². The molecule has 14 heavy (non-hydrogen) atoms. The molecule has 0 bridgehead atoms. The molecule has 0 aromatic rings. The van der Waals surface area contributed by atoms with Crippen molar-refractivity contribution in [2.75, 3.05) is 0 Å². The van der Waals surface area contributed by atoms with Crippen LogP contribution in [-0.4, -0.2) is 11.6 Å². The van der Waals surface area contributed by atoms with Gasteiger partial charge in [0, 0.05) is 0 Å². The minimum atomic E-state index is -0.446. The highest BCUT2D eigenvalue weighted by atomic mass is 16.6. The van der Waals surface area contributed by atoms with Crippen molar-refractivity contribution in [2.24, 2.45) is 0 Å². The Morgan fingerprint density at radius 3 is 2.50 bits per heavy atom. The second-order valence-electron chi connectivity index (χ2n) is 4.00. The molecule has 0 aliphatic carbocycles. The summed E-state index contributed by atoms with van der Waals surface area (Å²) in [6.07, 6.45) is 4.21. The minimum absolute atomic E-state index is 0.321. The van der Waals surface area contributed by atoms with Crippen LogP contribution in [0.3, 0.4) is 0 Å². The molecule has 0 N–H and O–H groups in total. The number of rotatable bonds is 3. The molecule has 0 rings (SSSR count). The summed E-state index contributed by atoms with van der Waals surface area (Å²) in [5.74, 6) is -0.321. The van der Waals surface area contributed by atoms with Crippen molar-refractivity contribution in [3.05, 3.63) is 30.0 Å². The Balaban J connectivity index is 4.40. The highest BCUT2D eigenvalue weighted by Crippen LogP contribution is 2.09. The predicted molar refractivity (Wildman–Crippen MR) is 57.9 cm³/mol. The third-order valence-electron chi connectivity index (χ3n) is 1.31. The van der Waals surface area contributed by atoms with Gasteiger partial charge >= 0.3 is 5.97 Å². The van der Waals surface area contributed by atoms with Crippen molar-refractivity contribution in [1.29, 1.82) is 0 Å². The standard InChI is InChI=1S/C12H18O2/c1-6-7-8-9-10(2)11(13)14-12(3,4)5/h6,8H,1,7H2,2-5H3. The zero-order valence-electron chi connectivity index (χ0n) is 9.39. The second kappa shape index (κ2) is 5.46. The van der Waals surface area contributed by atoms with Gasteiger partial charge < -0.3 is 4.74 Å². The van der Waals surface area contributed by atoms with Gasteiger partial charge in [-0.2, -0.15) is 0 Å². The average molecular weight is 194 g/mol. The van der Waals surface area contributed by atoms with E-state index in [9.17, 15) is 4.79 Å². The SMILES string of the molecule is C=CCC=C=C(C)C(=O)OC(C)(C)C. The van der Waals surface area contributed by atoms with Gasteiger partial charge in [0.25, 0.3) is 0 Å². The maximum absolute atomic E-state index is 11.4. The first-order valence-corrected chi connectivity index (χ1v) is 4.63. The first-order valence-electron chi connectivity index (χ1n) is 4.63. The molecule has 0 amide bonds. The molecule has 78 valence electrons. The lowest BCUT2D eigenvalue weighted by Crippen LogP contribution is -2.24. The fourth-order valence-corrected chi connectivity index (χ4v) is 0.709. The number of carbonyl (C=O) groups excluding carboxylic acids is 1. The third-order valence-corrected chi connectivity index (χ3v) is 1.31. The first kappa shape index (κ1) is 12.7. The highest BCUT2D eigenvalue weighted by molar-refractivity contribution is 5.87. The van der Waals surface area contributed by atoms with Crippen LogP contribution < -0.4 is 0 Å². The Bertz CT molecular complexity index is 273. The first-order chi connectivity index (χ1) is 6.37. The van der Waals surface area contributed by atoms with Gasteiger partial charge in [-0.15, -0.1) is 12.3 Å². The van der Waals surface area contributed by atoms with Gasteiger partial charge in [-0.25, -0.2) is 4.79 Å². The van der Waals surface area contributed by atoms with Crippen LogP contribution in [0.25, 0.3) is 0 Å². The number of esters is 1. The van der Waals surface area contributed by atoms with E-state index in [1.807, 2.05) is 20.8 Å². The Morgan fingerprint density at radius 2 is 2.07 bits per heavy atom. The zero-order chi connectivity index (χ0) is 11.2. The van der Waals surface area contributed by atoms with E-state index >= 15 is 0 Å². The Morgan fingerprint density at radius 1 is 1.50 bits per heavy atom. The van der Waals surface area contributed by atoms with Gasteiger partial charge in [0.15, 0.2) is 0 Å². The lowest BCUT2D eigenvalue weighted by Gasteiger charge is -2.18. The van der Waals surface area contributed by atoms with Crippen molar-refractivity contribution in [3.63, 3.8) is 0 Å². The van der Waals surface area contributed by atoms with Crippen molar-refractivity contribution >= 4 is 5.97 Å². The highest BCUT2D eigenvalue weighted by Gasteiger charge is 2.16. The van der Waals surface area contributed by atoms with Crippen LogP contribution in [0, 0.1) is 0 Å². The molecule has 0 fully saturated rings. The third kappa shape index (κ3) is 6.27. The number of ether oxygens (including phenoxy) is 1. The van der Waals surface area contributed by atoms with Gasteiger partial charge in [-0.05, 0) is 40.2 Å². The van der Waals surface area contributed by atoms with Gasteiger partial charge in [-0.3, -0.25) is 0 Å². The quantitative estimate of drug-likeness (QED) is 0.299. The average Bonchev–Trinajstić information content (AvgIpc) is 2.01. The molecular weight excluding hydrogens is 176 g/mol. The molecule has 2 nitrogen and oxygen atoms in total. The number of allylic oxidation sites excluding steroid dienone is 1.